The van der Waals surface area contributed by atoms with Gasteiger partial charge in [-0.05, 0) is 37.1 Å². The molecule has 24 heavy (non-hydrogen) atoms. The molecule has 1 aromatic rings. The molecule has 1 aromatic carbocycles. The molecule has 1 saturated carbocycles. The summed E-state index contributed by atoms with van der Waals surface area (Å²) in [5, 5.41) is 9.18. The minimum atomic E-state index is -3.90. The van der Waals surface area contributed by atoms with Crippen LogP contribution in [-0.4, -0.2) is 48.6 Å². The van der Waals surface area contributed by atoms with E-state index < -0.39 is 26.5 Å². The molecule has 1 N–H and O–H groups in total. The number of sulfone groups is 1. The van der Waals surface area contributed by atoms with E-state index in [1.54, 1.807) is 0 Å². The van der Waals surface area contributed by atoms with Crippen LogP contribution in [0.1, 0.15) is 32.1 Å². The predicted molar refractivity (Wildman–Crippen MR) is 89.7 cm³/mol. The summed E-state index contributed by atoms with van der Waals surface area (Å²) in [6.45, 7) is -0.0218. The first-order chi connectivity index (χ1) is 11.2. The number of halogens is 1. The molecule has 1 fully saturated rings. The van der Waals surface area contributed by atoms with Crippen LogP contribution < -0.4 is 0 Å². The second-order valence-electron chi connectivity index (χ2n) is 6.03. The molecule has 1 aliphatic rings. The molecular weight excluding hydrogens is 354 g/mol. The molecule has 0 aliphatic heterocycles. The quantitative estimate of drug-likeness (QED) is 0.826. The minimum Gasteiger partial charge on any atom is -0.481 e. The van der Waals surface area contributed by atoms with Crippen molar-refractivity contribution >= 4 is 33.3 Å². The molecule has 0 radical (unpaired) electrons. The van der Waals surface area contributed by atoms with Crippen molar-refractivity contribution < 1.29 is 23.1 Å². The zero-order valence-electron chi connectivity index (χ0n) is 13.4. The number of aliphatic carboxylic acids is 1. The lowest BCUT2D eigenvalue weighted by atomic mass is 10.1. The molecule has 0 bridgehead atoms. The Morgan fingerprint density at radius 3 is 2.25 bits per heavy atom. The number of hydrogen-bond acceptors (Lipinski definition) is 4. The number of hydrogen-bond donors (Lipinski definition) is 1. The average Bonchev–Trinajstić information content (AvgIpc) is 3.03. The molecule has 8 heteroatoms. The molecule has 6 nitrogen and oxygen atoms in total. The molecule has 1 aliphatic carbocycles. The van der Waals surface area contributed by atoms with E-state index in [2.05, 4.69) is 0 Å². The summed E-state index contributed by atoms with van der Waals surface area (Å²) >= 11 is 5.81. The number of nitrogens with zero attached hydrogens (tertiary/aromatic N) is 1. The number of rotatable bonds is 6. The Kier molecular flexibility index (Phi) is 5.55. The third-order valence-corrected chi connectivity index (χ3v) is 7.20. The monoisotopic (exact) mass is 373 g/mol. The average molecular weight is 374 g/mol. The maximum absolute atomic E-state index is 13.1. The van der Waals surface area contributed by atoms with Crippen LogP contribution in [0.5, 0.6) is 0 Å². The summed E-state index contributed by atoms with van der Waals surface area (Å²) in [4.78, 5) is 24.9. The first-order valence-electron chi connectivity index (χ1n) is 7.68. The van der Waals surface area contributed by atoms with Crippen molar-refractivity contribution in [3.05, 3.63) is 29.3 Å². The molecule has 2 rings (SSSR count). The summed E-state index contributed by atoms with van der Waals surface area (Å²) < 4.78 is 24.8. The highest BCUT2D eigenvalue weighted by Gasteiger charge is 2.53. The first kappa shape index (κ1) is 18.7. The fraction of sp³-hybridized carbons (Fsp3) is 0.500. The van der Waals surface area contributed by atoms with Gasteiger partial charge in [0.25, 0.3) is 0 Å². The largest absolute Gasteiger partial charge is 0.481 e. The van der Waals surface area contributed by atoms with Gasteiger partial charge in [-0.1, -0.05) is 24.4 Å². The highest BCUT2D eigenvalue weighted by Crippen LogP contribution is 2.42. The van der Waals surface area contributed by atoms with Crippen LogP contribution in [0.2, 0.25) is 5.02 Å². The van der Waals surface area contributed by atoms with Gasteiger partial charge in [0.2, 0.25) is 5.91 Å². The molecule has 0 unspecified atom stereocenters. The van der Waals surface area contributed by atoms with E-state index in [4.69, 9.17) is 16.7 Å². The summed E-state index contributed by atoms with van der Waals surface area (Å²) in [5.74, 6) is -1.56. The fourth-order valence-corrected chi connectivity index (χ4v) is 5.38. The Labute approximate surface area is 146 Å². The summed E-state index contributed by atoms with van der Waals surface area (Å²) in [6.07, 6.45) is 1.55. The molecule has 132 valence electrons. The second kappa shape index (κ2) is 7.11. The van der Waals surface area contributed by atoms with Crippen molar-refractivity contribution in [1.29, 1.82) is 0 Å². The van der Waals surface area contributed by atoms with Crippen molar-refractivity contribution in [3.63, 3.8) is 0 Å². The van der Waals surface area contributed by atoms with Crippen molar-refractivity contribution in [2.24, 2.45) is 0 Å². The highest BCUT2D eigenvalue weighted by atomic mass is 35.5. The fourth-order valence-electron chi connectivity index (χ4n) is 3.10. The van der Waals surface area contributed by atoms with Crippen molar-refractivity contribution in [2.75, 3.05) is 13.6 Å². The summed E-state index contributed by atoms with van der Waals surface area (Å²) in [6, 6.07) is 5.77. The lowest BCUT2D eigenvalue weighted by molar-refractivity contribution is -0.138. The van der Waals surface area contributed by atoms with E-state index >= 15 is 0 Å². The van der Waals surface area contributed by atoms with E-state index in [1.807, 2.05) is 0 Å². The van der Waals surface area contributed by atoms with Crippen LogP contribution in [0.3, 0.4) is 0 Å². The van der Waals surface area contributed by atoms with Gasteiger partial charge in [-0.3, -0.25) is 9.59 Å². The summed E-state index contributed by atoms with van der Waals surface area (Å²) in [7, 11) is -2.45. The Hall–Kier alpha value is -1.60. The number of carboxylic acid groups (broad SMARTS) is 1. The number of amides is 1. The normalized spacial score (nSPS) is 16.8. The van der Waals surface area contributed by atoms with Gasteiger partial charge in [-0.25, -0.2) is 8.42 Å². The number of benzene rings is 1. The third-order valence-electron chi connectivity index (χ3n) is 4.45. The second-order valence-corrected chi connectivity index (χ2v) is 8.73. The topological polar surface area (TPSA) is 91.8 Å². The maximum atomic E-state index is 13.1. The van der Waals surface area contributed by atoms with Crippen molar-refractivity contribution in [3.8, 4) is 0 Å². The minimum absolute atomic E-state index is 0.0218. The molecule has 0 spiro atoms. The first-order valence-corrected chi connectivity index (χ1v) is 9.54. The number of carboxylic acids is 1. The van der Waals surface area contributed by atoms with Gasteiger partial charge in [0.15, 0.2) is 14.6 Å². The predicted octanol–water partition coefficient (Wildman–Crippen LogP) is 2.36. The SMILES string of the molecule is CN(CCC(=O)O)C(=O)C1(S(=O)(=O)c2ccc(Cl)cc2)CCCC1. The van der Waals surface area contributed by atoms with Crippen molar-refractivity contribution in [2.45, 2.75) is 41.7 Å². The Morgan fingerprint density at radius 1 is 1.21 bits per heavy atom. The number of carbonyl (C=O) groups excluding carboxylic acids is 1. The van der Waals surface area contributed by atoms with Crippen LogP contribution in [0, 0.1) is 0 Å². The van der Waals surface area contributed by atoms with Gasteiger partial charge in [-0.15, -0.1) is 0 Å². The maximum Gasteiger partial charge on any atom is 0.305 e. The van der Waals surface area contributed by atoms with Gasteiger partial charge in [0.05, 0.1) is 11.3 Å². The van der Waals surface area contributed by atoms with Gasteiger partial charge in [0.1, 0.15) is 0 Å². The van der Waals surface area contributed by atoms with Gasteiger partial charge in [-0.2, -0.15) is 0 Å². The van der Waals surface area contributed by atoms with E-state index in [1.165, 1.54) is 36.2 Å². The lowest BCUT2D eigenvalue weighted by Gasteiger charge is -2.32. The summed E-state index contributed by atoms with van der Waals surface area (Å²) in [5.41, 5.74) is 0. The van der Waals surface area contributed by atoms with E-state index in [-0.39, 0.29) is 30.7 Å². The van der Waals surface area contributed by atoms with Crippen LogP contribution in [0.4, 0.5) is 0 Å². The Balaban J connectivity index is 2.38. The molecule has 0 heterocycles. The standard InChI is InChI=1S/C16H20ClNO5S/c1-18(11-8-14(19)20)15(21)16(9-2-3-10-16)24(22,23)13-6-4-12(17)5-7-13/h4-7H,2-3,8-11H2,1H3,(H,19,20). The van der Waals surface area contributed by atoms with Crippen LogP contribution >= 0.6 is 11.6 Å². The van der Waals surface area contributed by atoms with Crippen molar-refractivity contribution in [1.82, 2.24) is 4.90 Å². The number of carbonyl (C=O) groups is 2. The molecular formula is C16H20ClNO5S. The van der Waals surface area contributed by atoms with Crippen LogP contribution in [0.15, 0.2) is 29.2 Å². The van der Waals surface area contributed by atoms with E-state index in [0.29, 0.717) is 17.9 Å². The Morgan fingerprint density at radius 2 is 1.75 bits per heavy atom. The van der Waals surface area contributed by atoms with Crippen LogP contribution in [0.25, 0.3) is 0 Å². The zero-order chi connectivity index (χ0) is 18.0. The van der Waals surface area contributed by atoms with Gasteiger partial charge >= 0.3 is 5.97 Å². The smallest absolute Gasteiger partial charge is 0.305 e. The lowest BCUT2D eigenvalue weighted by Crippen LogP contribution is -2.51. The van der Waals surface area contributed by atoms with E-state index in [9.17, 15) is 18.0 Å². The molecule has 0 atom stereocenters. The van der Waals surface area contributed by atoms with Crippen LogP contribution in [-0.2, 0) is 19.4 Å². The molecule has 1 amide bonds. The van der Waals surface area contributed by atoms with Gasteiger partial charge < -0.3 is 10.0 Å². The highest BCUT2D eigenvalue weighted by molar-refractivity contribution is 7.93. The van der Waals surface area contributed by atoms with Gasteiger partial charge in [0, 0.05) is 18.6 Å². The zero-order valence-corrected chi connectivity index (χ0v) is 14.9. The third kappa shape index (κ3) is 3.42. The van der Waals surface area contributed by atoms with E-state index in [0.717, 1.165) is 0 Å². The molecule has 0 saturated heterocycles. The Bertz CT molecular complexity index is 723. The molecule has 0 aromatic heterocycles.